The van der Waals surface area contributed by atoms with E-state index in [2.05, 4.69) is 31.1 Å². The van der Waals surface area contributed by atoms with Crippen LogP contribution >= 0.6 is 0 Å². The van der Waals surface area contributed by atoms with Crippen molar-refractivity contribution in [3.8, 4) is 17.2 Å². The lowest BCUT2D eigenvalue weighted by atomic mass is 9.94. The molecule has 0 radical (unpaired) electrons. The van der Waals surface area contributed by atoms with Crippen LogP contribution < -0.4 is 24.8 Å². The van der Waals surface area contributed by atoms with Crippen LogP contribution in [0.25, 0.3) is 0 Å². The molecule has 3 heterocycles. The van der Waals surface area contributed by atoms with E-state index < -0.39 is 6.04 Å². The second kappa shape index (κ2) is 8.30. The molecular weight excluding hydrogens is 402 g/mol. The van der Waals surface area contributed by atoms with E-state index in [0.29, 0.717) is 45.7 Å². The van der Waals surface area contributed by atoms with Crippen LogP contribution in [0, 0.1) is 0 Å². The smallest absolute Gasteiger partial charge is 0.255 e. The molecule has 3 aromatic rings. The van der Waals surface area contributed by atoms with Gasteiger partial charge in [-0.2, -0.15) is 4.68 Å². The topological polar surface area (TPSA) is 125 Å². The van der Waals surface area contributed by atoms with E-state index >= 15 is 0 Å². The average Bonchev–Trinajstić information content (AvgIpc) is 3.25. The lowest BCUT2D eigenvalue weighted by molar-refractivity contribution is -0.113. The summed E-state index contributed by atoms with van der Waals surface area (Å²) in [5.74, 6) is 1.44. The van der Waals surface area contributed by atoms with Crippen molar-refractivity contribution in [3.63, 3.8) is 0 Å². The molecule has 1 atom stereocenters. The summed E-state index contributed by atoms with van der Waals surface area (Å²) in [6.45, 7) is 1.79. The highest BCUT2D eigenvalue weighted by atomic mass is 16.5. The number of carbonyl (C=O) groups excluding carboxylic acids is 1. The van der Waals surface area contributed by atoms with Gasteiger partial charge in [0, 0.05) is 11.9 Å². The number of tetrazole rings is 1. The largest absolute Gasteiger partial charge is 0.493 e. The van der Waals surface area contributed by atoms with Crippen molar-refractivity contribution in [2.75, 3.05) is 32.0 Å². The van der Waals surface area contributed by atoms with Crippen molar-refractivity contribution in [3.05, 3.63) is 53.5 Å². The lowest BCUT2D eigenvalue weighted by Gasteiger charge is -2.28. The number of carbonyl (C=O) groups is 1. The third-order valence-corrected chi connectivity index (χ3v) is 4.88. The lowest BCUT2D eigenvalue weighted by Crippen LogP contribution is -2.31. The molecule has 0 fully saturated rings. The number of benzene rings is 1. The van der Waals surface area contributed by atoms with Gasteiger partial charge in [0.25, 0.3) is 5.91 Å². The van der Waals surface area contributed by atoms with Gasteiger partial charge in [-0.3, -0.25) is 9.78 Å². The Bertz CT molecular complexity index is 1120. The molecule has 160 valence electrons. The maximum absolute atomic E-state index is 13.3. The Labute approximate surface area is 178 Å². The second-order valence-electron chi connectivity index (χ2n) is 6.67. The van der Waals surface area contributed by atoms with Gasteiger partial charge in [0.2, 0.25) is 11.7 Å². The summed E-state index contributed by atoms with van der Waals surface area (Å²) in [5.41, 5.74) is 2.29. The molecule has 31 heavy (non-hydrogen) atoms. The summed E-state index contributed by atoms with van der Waals surface area (Å²) in [6.07, 6.45) is 3.20. The molecule has 0 bridgehead atoms. The highest BCUT2D eigenvalue weighted by molar-refractivity contribution is 6.05. The third-order valence-electron chi connectivity index (χ3n) is 4.88. The summed E-state index contributed by atoms with van der Waals surface area (Å²) in [6, 6.07) is 6.40. The van der Waals surface area contributed by atoms with Gasteiger partial charge in [0.1, 0.15) is 6.04 Å². The number of nitrogens with one attached hydrogen (secondary N) is 2. The fourth-order valence-electron chi connectivity index (χ4n) is 3.51. The molecule has 1 unspecified atom stereocenters. The van der Waals surface area contributed by atoms with Crippen molar-refractivity contribution in [1.29, 1.82) is 0 Å². The fourth-order valence-corrected chi connectivity index (χ4v) is 3.51. The zero-order valence-electron chi connectivity index (χ0n) is 17.4. The van der Waals surface area contributed by atoms with E-state index in [1.54, 1.807) is 43.6 Å². The highest BCUT2D eigenvalue weighted by Crippen LogP contribution is 2.43. The predicted molar refractivity (Wildman–Crippen MR) is 111 cm³/mol. The molecule has 11 nitrogen and oxygen atoms in total. The Morgan fingerprint density at radius 1 is 1.16 bits per heavy atom. The molecule has 2 N–H and O–H groups in total. The monoisotopic (exact) mass is 423 g/mol. The Morgan fingerprint density at radius 3 is 2.52 bits per heavy atom. The molecule has 4 rings (SSSR count). The number of hydrogen-bond acceptors (Lipinski definition) is 9. The van der Waals surface area contributed by atoms with Crippen LogP contribution in [0.4, 0.5) is 11.6 Å². The Balaban J connectivity index is 1.84. The van der Waals surface area contributed by atoms with Gasteiger partial charge in [0.15, 0.2) is 11.5 Å². The molecule has 2 aromatic heterocycles. The Morgan fingerprint density at radius 2 is 1.90 bits per heavy atom. The van der Waals surface area contributed by atoms with Crippen LogP contribution in [0.5, 0.6) is 17.2 Å². The zero-order chi connectivity index (χ0) is 22.0. The zero-order valence-corrected chi connectivity index (χ0v) is 17.4. The molecule has 1 aliphatic rings. The molecule has 1 aromatic carbocycles. The predicted octanol–water partition coefficient (Wildman–Crippen LogP) is 2.02. The number of aromatic nitrogens is 5. The van der Waals surface area contributed by atoms with Crippen LogP contribution in [0.3, 0.4) is 0 Å². The van der Waals surface area contributed by atoms with Crippen LogP contribution in [-0.4, -0.2) is 52.4 Å². The van der Waals surface area contributed by atoms with Gasteiger partial charge in [-0.05, 0) is 47.2 Å². The molecule has 0 saturated heterocycles. The Kier molecular flexibility index (Phi) is 5.39. The van der Waals surface area contributed by atoms with Crippen molar-refractivity contribution >= 4 is 17.5 Å². The summed E-state index contributed by atoms with van der Waals surface area (Å²) in [4.78, 5) is 17.4. The Hall–Kier alpha value is -4.15. The minimum Gasteiger partial charge on any atom is -0.493 e. The van der Waals surface area contributed by atoms with E-state index in [9.17, 15) is 4.79 Å². The molecule has 0 aliphatic carbocycles. The number of anilines is 2. The van der Waals surface area contributed by atoms with E-state index in [1.165, 1.54) is 26.0 Å². The van der Waals surface area contributed by atoms with E-state index in [4.69, 9.17) is 14.2 Å². The van der Waals surface area contributed by atoms with Crippen molar-refractivity contribution in [2.24, 2.45) is 0 Å². The molecule has 11 heteroatoms. The quantitative estimate of drug-likeness (QED) is 0.612. The number of nitrogens with zero attached hydrogens (tertiary/aromatic N) is 5. The van der Waals surface area contributed by atoms with E-state index in [0.717, 1.165) is 0 Å². The molecule has 0 spiro atoms. The van der Waals surface area contributed by atoms with E-state index in [-0.39, 0.29) is 5.91 Å². The number of rotatable bonds is 6. The van der Waals surface area contributed by atoms with E-state index in [1.807, 2.05) is 0 Å². The number of hydrogen-bond donors (Lipinski definition) is 2. The van der Waals surface area contributed by atoms with Crippen molar-refractivity contribution in [2.45, 2.75) is 13.0 Å². The standard InChI is InChI=1S/C20H21N7O4/c1-11-16(19(28)23-13-6-5-7-21-10-13)17(27-20(22-11)24-25-26-27)12-8-14(29-2)18(31-4)15(9-12)30-3/h5-10,17H,1-4H3,(H,23,28)(H,22,24,26). The average molecular weight is 423 g/mol. The fraction of sp³-hybridized carbons (Fsp3) is 0.250. The molecule has 1 amide bonds. The van der Waals surface area contributed by atoms with Crippen LogP contribution in [-0.2, 0) is 4.79 Å². The van der Waals surface area contributed by atoms with Gasteiger partial charge >= 0.3 is 0 Å². The summed E-state index contributed by atoms with van der Waals surface area (Å²) < 4.78 is 17.9. The maximum Gasteiger partial charge on any atom is 0.255 e. The first-order chi connectivity index (χ1) is 15.1. The summed E-state index contributed by atoms with van der Waals surface area (Å²) >= 11 is 0. The molecule has 1 aliphatic heterocycles. The number of amides is 1. The van der Waals surface area contributed by atoms with Crippen LogP contribution in [0.1, 0.15) is 18.5 Å². The van der Waals surface area contributed by atoms with Gasteiger partial charge in [-0.1, -0.05) is 5.10 Å². The number of ether oxygens (including phenoxy) is 3. The normalized spacial score (nSPS) is 15.0. The van der Waals surface area contributed by atoms with Crippen molar-refractivity contribution in [1.82, 2.24) is 25.2 Å². The highest BCUT2D eigenvalue weighted by Gasteiger charge is 2.35. The summed E-state index contributed by atoms with van der Waals surface area (Å²) in [5, 5.41) is 17.8. The second-order valence-corrected chi connectivity index (χ2v) is 6.67. The van der Waals surface area contributed by atoms with Crippen LogP contribution in [0.2, 0.25) is 0 Å². The van der Waals surface area contributed by atoms with Gasteiger partial charge in [-0.25, -0.2) is 0 Å². The first kappa shape index (κ1) is 20.1. The SMILES string of the molecule is COc1cc(C2C(C(=O)Nc3cccnc3)=C(C)Nc3nnnn32)cc(OC)c1OC. The number of allylic oxidation sites excluding steroid dienone is 1. The maximum atomic E-state index is 13.3. The first-order valence-electron chi connectivity index (χ1n) is 9.34. The first-order valence-corrected chi connectivity index (χ1v) is 9.34. The molecular formula is C20H21N7O4. The van der Waals surface area contributed by atoms with Gasteiger partial charge < -0.3 is 24.8 Å². The van der Waals surface area contributed by atoms with Crippen molar-refractivity contribution < 1.29 is 19.0 Å². The van der Waals surface area contributed by atoms with Gasteiger partial charge in [0.05, 0.1) is 38.8 Å². The number of pyridine rings is 1. The molecule has 0 saturated carbocycles. The number of methoxy groups -OCH3 is 3. The number of fused-ring (bicyclic) bond motifs is 1. The van der Waals surface area contributed by atoms with Crippen LogP contribution in [0.15, 0.2) is 47.9 Å². The minimum absolute atomic E-state index is 0.321. The van der Waals surface area contributed by atoms with Gasteiger partial charge in [-0.15, -0.1) is 0 Å². The minimum atomic E-state index is -0.642. The third kappa shape index (κ3) is 3.61. The summed E-state index contributed by atoms with van der Waals surface area (Å²) in [7, 11) is 4.59.